The molecule has 0 saturated heterocycles. The van der Waals surface area contributed by atoms with E-state index >= 15 is 0 Å². The van der Waals surface area contributed by atoms with Crippen LogP contribution in [-0.4, -0.2) is 6.03 Å². The fourth-order valence-corrected chi connectivity index (χ4v) is 1.77. The zero-order valence-electron chi connectivity index (χ0n) is 6.68. The Morgan fingerprint density at radius 1 is 1.62 bits per heavy atom. The van der Waals surface area contributed by atoms with E-state index in [2.05, 4.69) is 27.9 Å². The van der Waals surface area contributed by atoms with Crippen LogP contribution in [0.25, 0.3) is 0 Å². The Balaban J connectivity index is 2.72. The summed E-state index contributed by atoms with van der Waals surface area (Å²) < 4.78 is 1.06. The molecule has 70 valence electrons. The fourth-order valence-electron chi connectivity index (χ4n) is 0.847. The topological polar surface area (TPSA) is 55.1 Å². The molecule has 0 aliphatic carbocycles. The predicted octanol–water partition coefficient (Wildman–Crippen LogP) is 2.11. The van der Waals surface area contributed by atoms with Gasteiger partial charge in [0.15, 0.2) is 0 Å². The van der Waals surface area contributed by atoms with Gasteiger partial charge in [-0.2, -0.15) is 0 Å². The van der Waals surface area contributed by atoms with Crippen molar-refractivity contribution in [3.8, 4) is 0 Å². The summed E-state index contributed by atoms with van der Waals surface area (Å²) in [4.78, 5) is 10.4. The fraction of sp³-hybridized carbons (Fsp3) is 0.125. The number of nitrogens with two attached hydrogens (primary N) is 1. The number of amides is 2. The van der Waals surface area contributed by atoms with Crippen molar-refractivity contribution in [1.29, 1.82) is 0 Å². The van der Waals surface area contributed by atoms with Crippen LogP contribution in [0.4, 0.5) is 4.79 Å². The van der Waals surface area contributed by atoms with Crippen LogP contribution in [0, 0.1) is 3.57 Å². The molecule has 0 unspecified atom stereocenters. The van der Waals surface area contributed by atoms with Gasteiger partial charge in [-0.15, -0.1) is 0 Å². The van der Waals surface area contributed by atoms with Gasteiger partial charge in [0.1, 0.15) is 0 Å². The van der Waals surface area contributed by atoms with E-state index in [-0.39, 0.29) is 0 Å². The van der Waals surface area contributed by atoms with E-state index in [1.807, 2.05) is 18.2 Å². The molecule has 0 spiro atoms. The molecule has 0 aliphatic rings. The van der Waals surface area contributed by atoms with Crippen molar-refractivity contribution in [3.63, 3.8) is 0 Å². The van der Waals surface area contributed by atoms with Crippen molar-refractivity contribution in [1.82, 2.24) is 5.32 Å². The van der Waals surface area contributed by atoms with Gasteiger partial charge in [-0.3, -0.25) is 0 Å². The summed E-state index contributed by atoms with van der Waals surface area (Å²) in [6.07, 6.45) is 0. The number of urea groups is 1. The first-order valence-corrected chi connectivity index (χ1v) is 5.02. The first kappa shape index (κ1) is 10.6. The molecule has 1 aromatic rings. The van der Waals surface area contributed by atoms with E-state index < -0.39 is 6.03 Å². The number of halogens is 2. The van der Waals surface area contributed by atoms with E-state index in [9.17, 15) is 4.79 Å². The standard InChI is InChI=1S/C8H8ClIN2O/c9-7-3-6(10)2-1-5(7)4-12-8(11)13/h1-3H,4H2,(H3,11,12,13). The predicted molar refractivity (Wildman–Crippen MR) is 60.6 cm³/mol. The second kappa shape index (κ2) is 4.66. The molecule has 2 amide bonds. The number of hydrogen-bond acceptors (Lipinski definition) is 1. The zero-order chi connectivity index (χ0) is 9.84. The summed E-state index contributed by atoms with van der Waals surface area (Å²) >= 11 is 8.08. The maximum atomic E-state index is 10.4. The van der Waals surface area contributed by atoms with Gasteiger partial charge in [-0.25, -0.2) is 4.79 Å². The number of hydrogen-bond donors (Lipinski definition) is 2. The Labute approximate surface area is 94.8 Å². The summed E-state index contributed by atoms with van der Waals surface area (Å²) in [6, 6.07) is 5.07. The molecular weight excluding hydrogens is 302 g/mol. The molecule has 0 saturated carbocycles. The molecule has 1 rings (SSSR count). The highest BCUT2D eigenvalue weighted by Gasteiger charge is 2.01. The lowest BCUT2D eigenvalue weighted by atomic mass is 10.2. The van der Waals surface area contributed by atoms with Gasteiger partial charge < -0.3 is 11.1 Å². The van der Waals surface area contributed by atoms with Crippen molar-refractivity contribution in [2.45, 2.75) is 6.54 Å². The first-order chi connectivity index (χ1) is 6.09. The van der Waals surface area contributed by atoms with Crippen molar-refractivity contribution in [2.24, 2.45) is 5.73 Å². The minimum absolute atomic E-state index is 0.366. The molecule has 5 heteroatoms. The van der Waals surface area contributed by atoms with Crippen LogP contribution >= 0.6 is 34.2 Å². The highest BCUT2D eigenvalue weighted by atomic mass is 127. The Kier molecular flexibility index (Phi) is 3.80. The molecule has 0 heterocycles. The number of primary amides is 1. The smallest absolute Gasteiger partial charge is 0.312 e. The van der Waals surface area contributed by atoms with Crippen LogP contribution in [0.15, 0.2) is 18.2 Å². The number of benzene rings is 1. The summed E-state index contributed by atoms with van der Waals surface area (Å²) in [6.45, 7) is 0.366. The van der Waals surface area contributed by atoms with Gasteiger partial charge in [0, 0.05) is 15.1 Å². The molecule has 0 aromatic heterocycles. The Bertz CT molecular complexity index is 330. The SMILES string of the molecule is NC(=O)NCc1ccc(I)cc1Cl. The third-order valence-electron chi connectivity index (χ3n) is 1.47. The number of carbonyl (C=O) groups excluding carboxylic acids is 1. The number of carbonyl (C=O) groups is 1. The first-order valence-electron chi connectivity index (χ1n) is 3.57. The van der Waals surface area contributed by atoms with E-state index in [1.54, 1.807) is 0 Å². The quantitative estimate of drug-likeness (QED) is 0.808. The molecular formula is C8H8ClIN2O. The maximum Gasteiger partial charge on any atom is 0.312 e. The molecule has 13 heavy (non-hydrogen) atoms. The summed E-state index contributed by atoms with van der Waals surface area (Å²) in [7, 11) is 0. The molecule has 0 bridgehead atoms. The van der Waals surface area contributed by atoms with Crippen LogP contribution in [0.1, 0.15) is 5.56 Å². The lowest BCUT2D eigenvalue weighted by Crippen LogP contribution is -2.28. The average molecular weight is 311 g/mol. The minimum atomic E-state index is -0.547. The van der Waals surface area contributed by atoms with E-state index in [4.69, 9.17) is 17.3 Å². The summed E-state index contributed by atoms with van der Waals surface area (Å²) in [5.41, 5.74) is 5.79. The highest BCUT2D eigenvalue weighted by molar-refractivity contribution is 14.1. The van der Waals surface area contributed by atoms with Crippen LogP contribution < -0.4 is 11.1 Å². The summed E-state index contributed by atoms with van der Waals surface area (Å²) in [5.74, 6) is 0. The lowest BCUT2D eigenvalue weighted by Gasteiger charge is -2.04. The summed E-state index contributed by atoms with van der Waals surface area (Å²) in [5, 5.41) is 3.11. The Morgan fingerprint density at radius 2 is 2.31 bits per heavy atom. The number of nitrogens with one attached hydrogen (secondary N) is 1. The Hall–Kier alpha value is -0.490. The van der Waals surface area contributed by atoms with Crippen LogP contribution in [0.3, 0.4) is 0 Å². The average Bonchev–Trinajstić information content (AvgIpc) is 2.02. The largest absolute Gasteiger partial charge is 0.352 e. The normalized spacial score (nSPS) is 9.69. The van der Waals surface area contributed by atoms with Gasteiger partial charge in [0.2, 0.25) is 0 Å². The molecule has 3 N–H and O–H groups in total. The van der Waals surface area contributed by atoms with Crippen molar-refractivity contribution >= 4 is 40.2 Å². The third kappa shape index (κ3) is 3.40. The minimum Gasteiger partial charge on any atom is -0.352 e. The van der Waals surface area contributed by atoms with Crippen molar-refractivity contribution in [2.75, 3.05) is 0 Å². The molecule has 1 aromatic carbocycles. The molecule has 0 fully saturated rings. The molecule has 0 radical (unpaired) electrons. The van der Waals surface area contributed by atoms with E-state index in [0.717, 1.165) is 9.13 Å². The third-order valence-corrected chi connectivity index (χ3v) is 2.49. The Morgan fingerprint density at radius 3 is 2.85 bits per heavy atom. The maximum absolute atomic E-state index is 10.4. The van der Waals surface area contributed by atoms with E-state index in [0.29, 0.717) is 11.6 Å². The van der Waals surface area contributed by atoms with Crippen LogP contribution in [0.5, 0.6) is 0 Å². The van der Waals surface area contributed by atoms with E-state index in [1.165, 1.54) is 0 Å². The monoisotopic (exact) mass is 310 g/mol. The number of rotatable bonds is 2. The molecule has 3 nitrogen and oxygen atoms in total. The van der Waals surface area contributed by atoms with Gasteiger partial charge in [0.25, 0.3) is 0 Å². The van der Waals surface area contributed by atoms with Gasteiger partial charge in [-0.1, -0.05) is 17.7 Å². The van der Waals surface area contributed by atoms with Crippen molar-refractivity contribution in [3.05, 3.63) is 32.4 Å². The molecule has 0 aliphatic heterocycles. The van der Waals surface area contributed by atoms with Gasteiger partial charge in [0.05, 0.1) is 0 Å². The van der Waals surface area contributed by atoms with Crippen LogP contribution in [0.2, 0.25) is 5.02 Å². The highest BCUT2D eigenvalue weighted by Crippen LogP contribution is 2.18. The van der Waals surface area contributed by atoms with Gasteiger partial charge in [-0.05, 0) is 40.3 Å². The molecule has 0 atom stereocenters. The van der Waals surface area contributed by atoms with Crippen molar-refractivity contribution < 1.29 is 4.79 Å². The van der Waals surface area contributed by atoms with Gasteiger partial charge >= 0.3 is 6.03 Å². The second-order valence-electron chi connectivity index (χ2n) is 2.45. The van der Waals surface area contributed by atoms with Crippen LogP contribution in [-0.2, 0) is 6.54 Å². The zero-order valence-corrected chi connectivity index (χ0v) is 9.59. The lowest BCUT2D eigenvalue weighted by molar-refractivity contribution is 0.248. The second-order valence-corrected chi connectivity index (χ2v) is 4.11.